The molecular weight excluding hydrogens is 176 g/mol. The summed E-state index contributed by atoms with van der Waals surface area (Å²) in [6.45, 7) is 11.8. The van der Waals surface area contributed by atoms with E-state index in [1.165, 1.54) is 0 Å². The van der Waals surface area contributed by atoms with Crippen molar-refractivity contribution in [1.82, 2.24) is 4.90 Å². The fraction of sp³-hybridized carbons (Fsp3) is 0.727. The number of nitrogens with two attached hydrogens (primary N) is 1. The van der Waals surface area contributed by atoms with Gasteiger partial charge in [0.1, 0.15) is 0 Å². The lowest BCUT2D eigenvalue weighted by Crippen LogP contribution is -2.54. The molecule has 0 aromatic carbocycles. The maximum absolute atomic E-state index is 12.0. The number of carbonyl (C=O) groups is 1. The highest BCUT2D eigenvalue weighted by Gasteiger charge is 2.31. The average Bonchev–Trinajstić information content (AvgIpc) is 2.12. The number of amides is 1. The third-order valence-corrected chi connectivity index (χ3v) is 2.43. The molecule has 0 aromatic rings. The van der Waals surface area contributed by atoms with Crippen LogP contribution in [0.4, 0.5) is 0 Å². The van der Waals surface area contributed by atoms with Gasteiger partial charge >= 0.3 is 0 Å². The Morgan fingerprint density at radius 2 is 2.14 bits per heavy atom. The molecule has 14 heavy (non-hydrogen) atoms. The summed E-state index contributed by atoms with van der Waals surface area (Å²) in [5.74, 6) is -0.00472. The fourth-order valence-corrected chi connectivity index (χ4v) is 1.15. The van der Waals surface area contributed by atoms with Crippen molar-refractivity contribution in [3.8, 4) is 0 Å². The molecule has 0 bridgehead atoms. The minimum atomic E-state index is -0.757. The van der Waals surface area contributed by atoms with Crippen LogP contribution in [0.5, 0.6) is 0 Å². The molecule has 0 aliphatic heterocycles. The van der Waals surface area contributed by atoms with E-state index in [2.05, 4.69) is 6.58 Å². The van der Waals surface area contributed by atoms with Crippen molar-refractivity contribution in [3.63, 3.8) is 0 Å². The summed E-state index contributed by atoms with van der Waals surface area (Å²) in [7, 11) is 0. The minimum absolute atomic E-state index is 0.00472. The molecule has 0 radical (unpaired) electrons. The van der Waals surface area contributed by atoms with E-state index in [0.717, 1.165) is 0 Å². The number of rotatable bonds is 5. The van der Waals surface area contributed by atoms with Gasteiger partial charge in [-0.25, -0.2) is 0 Å². The molecule has 0 fully saturated rings. The van der Waals surface area contributed by atoms with Gasteiger partial charge in [0.2, 0.25) is 5.91 Å². The van der Waals surface area contributed by atoms with Gasteiger partial charge in [0, 0.05) is 12.6 Å². The quantitative estimate of drug-likeness (QED) is 0.681. The van der Waals surface area contributed by atoms with Gasteiger partial charge in [-0.1, -0.05) is 13.0 Å². The van der Waals surface area contributed by atoms with Crippen LogP contribution in [0.15, 0.2) is 12.7 Å². The van der Waals surface area contributed by atoms with Crippen LogP contribution in [0.25, 0.3) is 0 Å². The van der Waals surface area contributed by atoms with E-state index in [1.807, 2.05) is 20.8 Å². The Balaban J connectivity index is 4.67. The fourth-order valence-electron chi connectivity index (χ4n) is 1.15. The largest absolute Gasteiger partial charge is 0.335 e. The smallest absolute Gasteiger partial charge is 0.242 e. The zero-order valence-electron chi connectivity index (χ0n) is 9.71. The Morgan fingerprint density at radius 3 is 2.43 bits per heavy atom. The molecule has 0 aromatic heterocycles. The van der Waals surface area contributed by atoms with Gasteiger partial charge < -0.3 is 10.6 Å². The van der Waals surface area contributed by atoms with Gasteiger partial charge in [-0.05, 0) is 27.2 Å². The zero-order valence-corrected chi connectivity index (χ0v) is 9.71. The first-order valence-electron chi connectivity index (χ1n) is 5.07. The number of hydrogen-bond donors (Lipinski definition) is 1. The van der Waals surface area contributed by atoms with E-state index >= 15 is 0 Å². The Hall–Kier alpha value is -0.830. The summed E-state index contributed by atoms with van der Waals surface area (Å²) in [6.07, 6.45) is 2.37. The van der Waals surface area contributed by atoms with Crippen molar-refractivity contribution in [1.29, 1.82) is 0 Å². The van der Waals surface area contributed by atoms with Gasteiger partial charge in [0.15, 0.2) is 0 Å². The van der Waals surface area contributed by atoms with Crippen molar-refractivity contribution >= 4 is 5.91 Å². The molecule has 0 aliphatic rings. The maximum Gasteiger partial charge on any atom is 0.242 e. The van der Waals surface area contributed by atoms with E-state index in [1.54, 1.807) is 17.9 Å². The summed E-state index contributed by atoms with van der Waals surface area (Å²) in [4.78, 5) is 13.7. The minimum Gasteiger partial charge on any atom is -0.335 e. The van der Waals surface area contributed by atoms with Crippen molar-refractivity contribution in [3.05, 3.63) is 12.7 Å². The van der Waals surface area contributed by atoms with Crippen LogP contribution < -0.4 is 5.73 Å². The first-order valence-corrected chi connectivity index (χ1v) is 5.07. The molecule has 0 aliphatic carbocycles. The van der Waals surface area contributed by atoms with Crippen LogP contribution in [0.3, 0.4) is 0 Å². The van der Waals surface area contributed by atoms with E-state index < -0.39 is 5.54 Å². The van der Waals surface area contributed by atoms with Crippen LogP contribution in [0.2, 0.25) is 0 Å². The van der Waals surface area contributed by atoms with Gasteiger partial charge in [-0.3, -0.25) is 4.79 Å². The van der Waals surface area contributed by atoms with Crippen LogP contribution >= 0.6 is 0 Å². The molecule has 0 spiro atoms. The third-order valence-electron chi connectivity index (χ3n) is 2.43. The number of hydrogen-bond acceptors (Lipinski definition) is 2. The van der Waals surface area contributed by atoms with E-state index in [0.29, 0.717) is 13.0 Å². The molecule has 1 atom stereocenters. The lowest BCUT2D eigenvalue weighted by molar-refractivity contribution is -0.137. The molecule has 2 N–H and O–H groups in total. The van der Waals surface area contributed by atoms with Gasteiger partial charge in [0.25, 0.3) is 0 Å². The first-order chi connectivity index (χ1) is 6.36. The van der Waals surface area contributed by atoms with Gasteiger partial charge in [-0.2, -0.15) is 0 Å². The van der Waals surface area contributed by atoms with Gasteiger partial charge in [-0.15, -0.1) is 6.58 Å². The highest BCUT2D eigenvalue weighted by atomic mass is 16.2. The molecule has 3 nitrogen and oxygen atoms in total. The summed E-state index contributed by atoms with van der Waals surface area (Å²) < 4.78 is 0. The molecule has 0 saturated carbocycles. The Bertz CT molecular complexity index is 209. The van der Waals surface area contributed by atoms with Crippen molar-refractivity contribution < 1.29 is 4.79 Å². The number of nitrogens with zero attached hydrogens (tertiary/aromatic N) is 1. The summed E-state index contributed by atoms with van der Waals surface area (Å²) in [5, 5.41) is 0. The summed E-state index contributed by atoms with van der Waals surface area (Å²) in [6, 6.07) is 0.162. The lowest BCUT2D eigenvalue weighted by atomic mass is 9.98. The van der Waals surface area contributed by atoms with E-state index in [-0.39, 0.29) is 11.9 Å². The zero-order chi connectivity index (χ0) is 11.4. The second-order valence-electron chi connectivity index (χ2n) is 4.11. The predicted octanol–water partition coefficient (Wildman–Crippen LogP) is 1.54. The van der Waals surface area contributed by atoms with Crippen LogP contribution in [-0.2, 0) is 4.79 Å². The first kappa shape index (κ1) is 13.2. The van der Waals surface area contributed by atoms with Crippen molar-refractivity contribution in [2.45, 2.75) is 45.7 Å². The molecule has 1 amide bonds. The highest BCUT2D eigenvalue weighted by Crippen LogP contribution is 2.12. The lowest BCUT2D eigenvalue weighted by Gasteiger charge is -2.33. The Morgan fingerprint density at radius 1 is 1.64 bits per heavy atom. The second-order valence-corrected chi connectivity index (χ2v) is 4.11. The van der Waals surface area contributed by atoms with Gasteiger partial charge in [0.05, 0.1) is 5.54 Å². The normalized spacial score (nSPS) is 15.0. The molecule has 3 heteroatoms. The van der Waals surface area contributed by atoms with E-state index in [4.69, 9.17) is 5.73 Å². The van der Waals surface area contributed by atoms with Crippen LogP contribution in [-0.4, -0.2) is 28.9 Å². The summed E-state index contributed by atoms with van der Waals surface area (Å²) >= 11 is 0. The van der Waals surface area contributed by atoms with Crippen LogP contribution in [0, 0.1) is 0 Å². The standard InChI is InChI=1S/C11H22N2O/c1-6-8-13(9(3)4)10(14)11(5,12)7-2/h6,9H,1,7-8,12H2,2-5H3. The SMILES string of the molecule is C=CCN(C(=O)C(C)(N)CC)C(C)C. The molecule has 0 heterocycles. The number of carbonyl (C=O) groups excluding carboxylic acids is 1. The summed E-state index contributed by atoms with van der Waals surface area (Å²) in [5.41, 5.74) is 5.15. The average molecular weight is 198 g/mol. The molecular formula is C11H22N2O. The Labute approximate surface area is 87.0 Å². The second kappa shape index (κ2) is 5.15. The topological polar surface area (TPSA) is 46.3 Å². The highest BCUT2D eigenvalue weighted by molar-refractivity contribution is 5.86. The third kappa shape index (κ3) is 3.14. The molecule has 0 rings (SSSR count). The molecule has 1 unspecified atom stereocenters. The van der Waals surface area contributed by atoms with E-state index in [9.17, 15) is 4.79 Å². The van der Waals surface area contributed by atoms with Crippen molar-refractivity contribution in [2.24, 2.45) is 5.73 Å². The maximum atomic E-state index is 12.0. The molecule has 0 saturated heterocycles. The monoisotopic (exact) mass is 198 g/mol. The Kier molecular flexibility index (Phi) is 4.85. The van der Waals surface area contributed by atoms with Crippen molar-refractivity contribution in [2.75, 3.05) is 6.54 Å². The predicted molar refractivity (Wildman–Crippen MR) is 59.9 cm³/mol. The van der Waals surface area contributed by atoms with Crippen LogP contribution in [0.1, 0.15) is 34.1 Å². The molecule has 82 valence electrons.